The van der Waals surface area contributed by atoms with E-state index in [0.29, 0.717) is 24.5 Å². The van der Waals surface area contributed by atoms with Crippen LogP contribution >= 0.6 is 12.4 Å². The zero-order valence-electron chi connectivity index (χ0n) is 13.8. The number of nitrogens with one attached hydrogen (secondary N) is 1. The van der Waals surface area contributed by atoms with Crippen molar-refractivity contribution in [3.05, 3.63) is 54.6 Å². The van der Waals surface area contributed by atoms with Crippen LogP contribution in [0.15, 0.2) is 59.5 Å². The zero-order chi connectivity index (χ0) is 16.6. The van der Waals surface area contributed by atoms with Crippen LogP contribution in [0.2, 0.25) is 0 Å². The number of hydrogen-bond donors (Lipinski definition) is 1. The molecule has 1 aliphatic heterocycles. The number of hydrogen-bond acceptors (Lipinski definition) is 3. The Bertz CT molecular complexity index is 997. The molecular formula is C19H21ClN2O2S. The largest absolute Gasteiger partial charge is 0.315 e. The van der Waals surface area contributed by atoms with Gasteiger partial charge in [-0.05, 0) is 47.3 Å². The van der Waals surface area contributed by atoms with Crippen molar-refractivity contribution in [3.8, 4) is 0 Å². The molecule has 4 nitrogen and oxygen atoms in total. The van der Waals surface area contributed by atoms with Gasteiger partial charge in [0.05, 0.1) is 4.90 Å². The Morgan fingerprint density at radius 2 is 1.56 bits per heavy atom. The van der Waals surface area contributed by atoms with Gasteiger partial charge in [0, 0.05) is 25.0 Å². The lowest BCUT2D eigenvalue weighted by molar-refractivity contribution is 0.432. The van der Waals surface area contributed by atoms with Crippen molar-refractivity contribution in [3.63, 3.8) is 0 Å². The van der Waals surface area contributed by atoms with Gasteiger partial charge in [0.25, 0.3) is 0 Å². The van der Waals surface area contributed by atoms with E-state index in [4.69, 9.17) is 0 Å². The summed E-state index contributed by atoms with van der Waals surface area (Å²) in [6.07, 6.45) is 0.840. The Hall–Kier alpha value is -1.66. The second-order valence-corrected chi connectivity index (χ2v) is 8.09. The summed E-state index contributed by atoms with van der Waals surface area (Å²) in [5.74, 6) is 0. The minimum atomic E-state index is -3.49. The molecule has 1 saturated heterocycles. The zero-order valence-corrected chi connectivity index (χ0v) is 15.4. The van der Waals surface area contributed by atoms with Gasteiger partial charge in [-0.15, -0.1) is 12.4 Å². The van der Waals surface area contributed by atoms with Crippen LogP contribution in [-0.2, 0) is 10.0 Å². The van der Waals surface area contributed by atoms with Gasteiger partial charge in [-0.2, -0.15) is 4.31 Å². The van der Waals surface area contributed by atoms with E-state index >= 15 is 0 Å². The van der Waals surface area contributed by atoms with Gasteiger partial charge in [0.15, 0.2) is 0 Å². The first-order valence-electron chi connectivity index (χ1n) is 8.29. The molecule has 25 heavy (non-hydrogen) atoms. The van der Waals surface area contributed by atoms with E-state index in [1.165, 1.54) is 0 Å². The van der Waals surface area contributed by atoms with Crippen molar-refractivity contribution in [1.29, 1.82) is 0 Å². The second-order valence-electron chi connectivity index (χ2n) is 6.18. The smallest absolute Gasteiger partial charge is 0.243 e. The minimum Gasteiger partial charge on any atom is -0.315 e. The molecule has 0 bridgehead atoms. The Kier molecular flexibility index (Phi) is 5.29. The van der Waals surface area contributed by atoms with Gasteiger partial charge in [-0.25, -0.2) is 8.42 Å². The lowest BCUT2D eigenvalue weighted by Crippen LogP contribution is -2.34. The third-order valence-electron chi connectivity index (χ3n) is 4.62. The molecule has 0 aromatic heterocycles. The maximum atomic E-state index is 13.2. The maximum absolute atomic E-state index is 13.2. The summed E-state index contributed by atoms with van der Waals surface area (Å²) in [5.41, 5.74) is 0. The fourth-order valence-corrected chi connectivity index (χ4v) is 5.05. The van der Waals surface area contributed by atoms with Gasteiger partial charge < -0.3 is 5.32 Å². The lowest BCUT2D eigenvalue weighted by atomic mass is 10.0. The van der Waals surface area contributed by atoms with Crippen molar-refractivity contribution < 1.29 is 8.42 Å². The van der Waals surface area contributed by atoms with Crippen LogP contribution in [0, 0.1) is 0 Å². The van der Waals surface area contributed by atoms with Crippen molar-refractivity contribution in [2.45, 2.75) is 11.3 Å². The number of halogens is 1. The van der Waals surface area contributed by atoms with Gasteiger partial charge in [-0.3, -0.25) is 0 Å². The molecule has 0 aliphatic carbocycles. The Labute approximate surface area is 154 Å². The van der Waals surface area contributed by atoms with Gasteiger partial charge >= 0.3 is 0 Å². The first kappa shape index (κ1) is 18.1. The van der Waals surface area contributed by atoms with E-state index < -0.39 is 10.0 Å². The summed E-state index contributed by atoms with van der Waals surface area (Å²) in [7, 11) is -3.49. The molecule has 1 N–H and O–H groups in total. The number of fused-ring (bicyclic) bond motifs is 2. The van der Waals surface area contributed by atoms with E-state index in [1.807, 2.05) is 36.4 Å². The van der Waals surface area contributed by atoms with Crippen LogP contribution in [0.1, 0.15) is 6.42 Å². The predicted octanol–water partition coefficient (Wildman–Crippen LogP) is 3.40. The molecule has 3 aromatic rings. The number of nitrogens with zero attached hydrogens (tertiary/aromatic N) is 1. The fraction of sp³-hybridized carbons (Fsp3) is 0.263. The monoisotopic (exact) mass is 376 g/mol. The normalized spacial score (nSPS) is 16.5. The standard InChI is InChI=1S/C19H20N2O2S.ClH/c22-24(23,21-11-4-9-20-10-12-21)19-8-3-7-17-13-15-5-1-2-6-16(15)14-18(17)19;/h1-3,5-8,13-14,20H,4,9-12H2;1H. The predicted molar refractivity (Wildman–Crippen MR) is 105 cm³/mol. The summed E-state index contributed by atoms with van der Waals surface area (Å²) >= 11 is 0. The molecular weight excluding hydrogens is 356 g/mol. The van der Waals surface area contributed by atoms with E-state index in [-0.39, 0.29) is 12.4 Å². The molecule has 6 heteroatoms. The van der Waals surface area contributed by atoms with Gasteiger partial charge in [0.1, 0.15) is 0 Å². The summed E-state index contributed by atoms with van der Waals surface area (Å²) < 4.78 is 28.0. The molecule has 0 atom stereocenters. The van der Waals surface area contributed by atoms with Gasteiger partial charge in [0.2, 0.25) is 10.0 Å². The highest BCUT2D eigenvalue weighted by Gasteiger charge is 2.26. The second kappa shape index (κ2) is 7.30. The Morgan fingerprint density at radius 1 is 0.840 bits per heavy atom. The third-order valence-corrected chi connectivity index (χ3v) is 6.58. The van der Waals surface area contributed by atoms with Crippen LogP contribution in [0.3, 0.4) is 0 Å². The highest BCUT2D eigenvalue weighted by Crippen LogP contribution is 2.29. The molecule has 0 unspecified atom stereocenters. The molecule has 0 radical (unpaired) electrons. The van der Waals surface area contributed by atoms with Gasteiger partial charge in [-0.1, -0.05) is 36.4 Å². The van der Waals surface area contributed by atoms with Crippen LogP contribution in [0.25, 0.3) is 21.5 Å². The van der Waals surface area contributed by atoms with Crippen molar-refractivity contribution >= 4 is 44.0 Å². The quantitative estimate of drug-likeness (QED) is 0.697. The molecule has 1 heterocycles. The Morgan fingerprint density at radius 3 is 2.36 bits per heavy atom. The number of rotatable bonds is 2. The lowest BCUT2D eigenvalue weighted by Gasteiger charge is -2.20. The highest BCUT2D eigenvalue weighted by atomic mass is 35.5. The molecule has 1 aliphatic rings. The first-order valence-corrected chi connectivity index (χ1v) is 9.73. The van der Waals surface area contributed by atoms with E-state index in [1.54, 1.807) is 10.4 Å². The summed E-state index contributed by atoms with van der Waals surface area (Å²) in [6, 6.07) is 17.6. The van der Waals surface area contributed by atoms with Crippen molar-refractivity contribution in [2.75, 3.05) is 26.2 Å². The van der Waals surface area contributed by atoms with E-state index in [9.17, 15) is 8.42 Å². The SMILES string of the molecule is Cl.O=S(=O)(c1cccc2cc3ccccc3cc12)N1CCCNCC1. The molecule has 0 amide bonds. The average molecular weight is 377 g/mol. The first-order chi connectivity index (χ1) is 11.7. The molecule has 3 aromatic carbocycles. The van der Waals surface area contributed by atoms with Crippen molar-refractivity contribution in [2.24, 2.45) is 0 Å². The Balaban J connectivity index is 0.00000182. The highest BCUT2D eigenvalue weighted by molar-refractivity contribution is 7.89. The van der Waals surface area contributed by atoms with Crippen LogP contribution < -0.4 is 5.32 Å². The van der Waals surface area contributed by atoms with Crippen LogP contribution in [0.4, 0.5) is 0 Å². The fourth-order valence-electron chi connectivity index (χ4n) is 3.36. The minimum absolute atomic E-state index is 0. The topological polar surface area (TPSA) is 49.4 Å². The number of sulfonamides is 1. The van der Waals surface area contributed by atoms with Crippen molar-refractivity contribution in [1.82, 2.24) is 9.62 Å². The molecule has 0 spiro atoms. The summed E-state index contributed by atoms with van der Waals surface area (Å²) in [5, 5.41) is 7.20. The van der Waals surface area contributed by atoms with E-state index in [2.05, 4.69) is 17.4 Å². The molecule has 1 fully saturated rings. The summed E-state index contributed by atoms with van der Waals surface area (Å²) in [6.45, 7) is 2.66. The molecule has 0 saturated carbocycles. The molecule has 132 valence electrons. The van der Waals surface area contributed by atoms with Crippen LogP contribution in [0.5, 0.6) is 0 Å². The average Bonchev–Trinajstić information content (AvgIpc) is 2.89. The molecule has 4 rings (SSSR count). The summed E-state index contributed by atoms with van der Waals surface area (Å²) in [4.78, 5) is 0.410. The maximum Gasteiger partial charge on any atom is 0.243 e. The number of benzene rings is 3. The third kappa shape index (κ3) is 3.37. The van der Waals surface area contributed by atoms with E-state index in [0.717, 1.165) is 34.5 Å². The van der Waals surface area contributed by atoms with Crippen LogP contribution in [-0.4, -0.2) is 38.9 Å².